The second kappa shape index (κ2) is 4.11. The Morgan fingerprint density at radius 1 is 1.40 bits per heavy atom. The molecule has 0 saturated heterocycles. The van der Waals surface area contributed by atoms with Crippen LogP contribution in [0.4, 0.5) is 11.4 Å². The van der Waals surface area contributed by atoms with E-state index in [0.717, 1.165) is 11.6 Å². The standard InChI is InChI=1S/C11H14Cl2N2/c1-2-6-3-10(6)15-11-8(12)4-7(14)5-9(11)13/h4-6,10,15H,2-3,14H2,1H3. The molecule has 0 radical (unpaired) electrons. The van der Waals surface area contributed by atoms with Crippen molar-refractivity contribution in [3.05, 3.63) is 22.2 Å². The molecule has 82 valence electrons. The highest BCUT2D eigenvalue weighted by Gasteiger charge is 2.35. The predicted molar refractivity (Wildman–Crippen MR) is 66.7 cm³/mol. The number of nitrogen functional groups attached to an aromatic ring is 1. The van der Waals surface area contributed by atoms with E-state index in [1.807, 2.05) is 0 Å². The molecule has 1 aliphatic rings. The van der Waals surface area contributed by atoms with Gasteiger partial charge in [-0.05, 0) is 24.5 Å². The Bertz CT molecular complexity index is 356. The number of benzene rings is 1. The highest BCUT2D eigenvalue weighted by Crippen LogP contribution is 2.40. The van der Waals surface area contributed by atoms with Crippen molar-refractivity contribution in [2.75, 3.05) is 11.1 Å². The fourth-order valence-corrected chi connectivity index (χ4v) is 2.40. The van der Waals surface area contributed by atoms with E-state index in [1.165, 1.54) is 12.8 Å². The average molecular weight is 245 g/mol. The van der Waals surface area contributed by atoms with Crippen molar-refractivity contribution < 1.29 is 0 Å². The summed E-state index contributed by atoms with van der Waals surface area (Å²) in [5.74, 6) is 0.759. The van der Waals surface area contributed by atoms with E-state index in [2.05, 4.69) is 12.2 Å². The second-order valence-corrected chi connectivity index (χ2v) is 4.83. The molecule has 2 atom stereocenters. The highest BCUT2D eigenvalue weighted by molar-refractivity contribution is 6.39. The molecule has 0 amide bonds. The first-order chi connectivity index (χ1) is 7.11. The summed E-state index contributed by atoms with van der Waals surface area (Å²) in [6.45, 7) is 2.19. The first-order valence-corrected chi connectivity index (χ1v) is 5.88. The fraction of sp³-hybridized carbons (Fsp3) is 0.455. The van der Waals surface area contributed by atoms with E-state index < -0.39 is 0 Å². The van der Waals surface area contributed by atoms with Gasteiger partial charge in [-0.25, -0.2) is 0 Å². The molecule has 1 aromatic rings. The van der Waals surface area contributed by atoms with Crippen molar-refractivity contribution in [3.63, 3.8) is 0 Å². The number of nitrogens with one attached hydrogen (secondary N) is 1. The normalized spacial score (nSPS) is 23.9. The lowest BCUT2D eigenvalue weighted by molar-refractivity contribution is 0.775. The maximum Gasteiger partial charge on any atom is 0.0722 e. The third kappa shape index (κ3) is 2.32. The van der Waals surface area contributed by atoms with Gasteiger partial charge in [0.25, 0.3) is 0 Å². The van der Waals surface area contributed by atoms with Gasteiger partial charge >= 0.3 is 0 Å². The topological polar surface area (TPSA) is 38.0 Å². The summed E-state index contributed by atoms with van der Waals surface area (Å²) < 4.78 is 0. The van der Waals surface area contributed by atoms with Crippen molar-refractivity contribution in [2.45, 2.75) is 25.8 Å². The maximum atomic E-state index is 6.07. The van der Waals surface area contributed by atoms with Crippen LogP contribution in [-0.2, 0) is 0 Å². The number of halogens is 2. The SMILES string of the molecule is CCC1CC1Nc1c(Cl)cc(N)cc1Cl. The molecule has 1 aromatic carbocycles. The van der Waals surface area contributed by atoms with Crippen molar-refractivity contribution in [1.29, 1.82) is 0 Å². The zero-order chi connectivity index (χ0) is 11.0. The molecule has 0 spiro atoms. The molecule has 0 aliphatic heterocycles. The lowest BCUT2D eigenvalue weighted by Crippen LogP contribution is -2.05. The van der Waals surface area contributed by atoms with Gasteiger partial charge in [0, 0.05) is 11.7 Å². The highest BCUT2D eigenvalue weighted by atomic mass is 35.5. The molecular formula is C11H14Cl2N2. The molecule has 4 heteroatoms. The Hall–Kier alpha value is -0.600. The molecular weight excluding hydrogens is 231 g/mol. The van der Waals surface area contributed by atoms with Gasteiger partial charge in [-0.2, -0.15) is 0 Å². The van der Waals surface area contributed by atoms with E-state index in [9.17, 15) is 0 Å². The van der Waals surface area contributed by atoms with Gasteiger partial charge in [-0.15, -0.1) is 0 Å². The molecule has 15 heavy (non-hydrogen) atoms. The Morgan fingerprint density at radius 3 is 2.47 bits per heavy atom. The van der Waals surface area contributed by atoms with Crippen LogP contribution in [0.5, 0.6) is 0 Å². The Kier molecular flexibility index (Phi) is 2.98. The Labute approximate surface area is 99.7 Å². The number of rotatable bonds is 3. The number of hydrogen-bond acceptors (Lipinski definition) is 2. The van der Waals surface area contributed by atoms with Crippen molar-refractivity contribution in [1.82, 2.24) is 0 Å². The molecule has 1 saturated carbocycles. The fourth-order valence-electron chi connectivity index (χ4n) is 1.79. The van der Waals surface area contributed by atoms with Crippen LogP contribution < -0.4 is 11.1 Å². The van der Waals surface area contributed by atoms with E-state index in [1.54, 1.807) is 12.1 Å². The minimum absolute atomic E-state index is 0.522. The molecule has 0 aromatic heterocycles. The summed E-state index contributed by atoms with van der Waals surface area (Å²) in [5, 5.41) is 4.56. The first kappa shape index (κ1) is 10.9. The smallest absolute Gasteiger partial charge is 0.0722 e. The van der Waals surface area contributed by atoms with Gasteiger partial charge in [-0.3, -0.25) is 0 Å². The van der Waals surface area contributed by atoms with Crippen LogP contribution in [-0.4, -0.2) is 6.04 Å². The van der Waals surface area contributed by atoms with Gasteiger partial charge in [-0.1, -0.05) is 36.5 Å². The van der Waals surface area contributed by atoms with Crippen LogP contribution in [0.25, 0.3) is 0 Å². The summed E-state index contributed by atoms with van der Waals surface area (Å²) in [5.41, 5.74) is 7.04. The quantitative estimate of drug-likeness (QED) is 0.795. The third-order valence-corrected chi connectivity index (χ3v) is 3.44. The van der Waals surface area contributed by atoms with Gasteiger partial charge in [0.2, 0.25) is 0 Å². The van der Waals surface area contributed by atoms with Crippen molar-refractivity contribution >= 4 is 34.6 Å². The largest absolute Gasteiger partial charge is 0.399 e. The molecule has 0 heterocycles. The molecule has 3 N–H and O–H groups in total. The minimum Gasteiger partial charge on any atom is -0.399 e. The van der Waals surface area contributed by atoms with Crippen LogP contribution in [0.2, 0.25) is 10.0 Å². The molecule has 1 aliphatic carbocycles. The third-order valence-electron chi connectivity index (χ3n) is 2.84. The average Bonchev–Trinajstić information content (AvgIpc) is 2.89. The van der Waals surface area contributed by atoms with Gasteiger partial charge in [0.1, 0.15) is 0 Å². The predicted octanol–water partition coefficient (Wildman–Crippen LogP) is 3.79. The Balaban J connectivity index is 2.15. The summed E-state index contributed by atoms with van der Waals surface area (Å²) in [6.07, 6.45) is 2.40. The number of hydrogen-bond donors (Lipinski definition) is 2. The van der Waals surface area contributed by atoms with Crippen LogP contribution in [0.15, 0.2) is 12.1 Å². The van der Waals surface area contributed by atoms with Crippen LogP contribution in [0, 0.1) is 5.92 Å². The van der Waals surface area contributed by atoms with E-state index in [-0.39, 0.29) is 0 Å². The molecule has 1 fully saturated rings. The first-order valence-electron chi connectivity index (χ1n) is 5.13. The van der Waals surface area contributed by atoms with E-state index >= 15 is 0 Å². The molecule has 0 bridgehead atoms. The zero-order valence-corrected chi connectivity index (χ0v) is 10.1. The number of nitrogens with two attached hydrogens (primary N) is 1. The monoisotopic (exact) mass is 244 g/mol. The second-order valence-electron chi connectivity index (χ2n) is 4.01. The molecule has 2 unspecified atom stereocenters. The minimum atomic E-state index is 0.522. The van der Waals surface area contributed by atoms with Crippen molar-refractivity contribution in [2.24, 2.45) is 5.92 Å². The lowest BCUT2D eigenvalue weighted by Gasteiger charge is -2.10. The summed E-state index contributed by atoms with van der Waals surface area (Å²) in [6, 6.07) is 3.96. The van der Waals surface area contributed by atoms with Crippen LogP contribution in [0.3, 0.4) is 0 Å². The van der Waals surface area contributed by atoms with Gasteiger partial charge in [0.15, 0.2) is 0 Å². The number of anilines is 2. The van der Waals surface area contributed by atoms with Gasteiger partial charge < -0.3 is 11.1 Å². The summed E-state index contributed by atoms with van der Waals surface area (Å²) in [4.78, 5) is 0. The van der Waals surface area contributed by atoms with E-state index in [4.69, 9.17) is 28.9 Å². The van der Waals surface area contributed by atoms with Crippen LogP contribution in [0.1, 0.15) is 19.8 Å². The van der Waals surface area contributed by atoms with E-state index in [0.29, 0.717) is 21.8 Å². The zero-order valence-electron chi connectivity index (χ0n) is 8.56. The summed E-state index contributed by atoms with van der Waals surface area (Å²) in [7, 11) is 0. The Morgan fingerprint density at radius 2 is 2.00 bits per heavy atom. The molecule has 2 nitrogen and oxygen atoms in total. The summed E-state index contributed by atoms with van der Waals surface area (Å²) >= 11 is 12.1. The van der Waals surface area contributed by atoms with Crippen LogP contribution >= 0.6 is 23.2 Å². The maximum absolute atomic E-state index is 6.07. The van der Waals surface area contributed by atoms with Crippen molar-refractivity contribution in [3.8, 4) is 0 Å². The van der Waals surface area contributed by atoms with Gasteiger partial charge in [0.05, 0.1) is 15.7 Å². The molecule has 2 rings (SSSR count). The lowest BCUT2D eigenvalue weighted by atomic mass is 10.2.